The van der Waals surface area contributed by atoms with Gasteiger partial charge < -0.3 is 9.15 Å². The fourth-order valence-electron chi connectivity index (χ4n) is 0.256. The maximum Gasteiger partial charge on any atom is 0.834 e. The molecule has 0 aromatic rings. The van der Waals surface area contributed by atoms with Crippen molar-refractivity contribution in [3.63, 3.8) is 0 Å². The van der Waals surface area contributed by atoms with Crippen LogP contribution in [0.25, 0.3) is 0 Å². The molecular weight excluding hydrogens is 168 g/mol. The standard InChI is InChI=1S/C5H12O5Si/c1-4-7-9-11(6)10-8-5(2)3/h5H,4H2,1-3H3. The summed E-state index contributed by atoms with van der Waals surface area (Å²) in [7, 11) is -2.64. The van der Waals surface area contributed by atoms with E-state index in [4.69, 9.17) is 0 Å². The smallest absolute Gasteiger partial charge is 0.327 e. The number of hydrogen-bond acceptors (Lipinski definition) is 5. The summed E-state index contributed by atoms with van der Waals surface area (Å²) in [5.74, 6) is 0. The Kier molecular flexibility index (Phi) is 6.00. The molecule has 0 aliphatic heterocycles. The highest BCUT2D eigenvalue weighted by Gasteiger charge is 2.14. The van der Waals surface area contributed by atoms with Crippen LogP contribution < -0.4 is 0 Å². The summed E-state index contributed by atoms with van der Waals surface area (Å²) in [4.78, 5) is 8.88. The second kappa shape index (κ2) is 6.26. The van der Waals surface area contributed by atoms with Gasteiger partial charge in [-0.25, -0.2) is 0 Å². The molecule has 0 saturated heterocycles. The number of hydrogen-bond donors (Lipinski definition) is 0. The van der Waals surface area contributed by atoms with Crippen LogP contribution >= 0.6 is 0 Å². The molecule has 0 fully saturated rings. The molecule has 0 radical (unpaired) electrons. The van der Waals surface area contributed by atoms with Crippen molar-refractivity contribution in [2.24, 2.45) is 0 Å². The van der Waals surface area contributed by atoms with Crippen molar-refractivity contribution in [1.82, 2.24) is 0 Å². The molecule has 0 bridgehead atoms. The lowest BCUT2D eigenvalue weighted by Crippen LogP contribution is -2.16. The molecular formula is C5H12O5Si. The molecule has 0 atom stereocenters. The van der Waals surface area contributed by atoms with E-state index in [1.807, 2.05) is 0 Å². The Balaban J connectivity index is 3.23. The molecule has 0 spiro atoms. The lowest BCUT2D eigenvalue weighted by molar-refractivity contribution is -0.297. The highest BCUT2D eigenvalue weighted by atomic mass is 28.3. The molecule has 6 heteroatoms. The normalized spacial score (nSPS) is 9.82. The first-order chi connectivity index (χ1) is 5.16. The lowest BCUT2D eigenvalue weighted by atomic mass is 10.5. The van der Waals surface area contributed by atoms with E-state index < -0.39 is 9.17 Å². The van der Waals surface area contributed by atoms with Gasteiger partial charge in [-0.2, -0.15) is 9.78 Å². The van der Waals surface area contributed by atoms with E-state index >= 15 is 0 Å². The molecule has 66 valence electrons. The van der Waals surface area contributed by atoms with Crippen LogP contribution in [0.5, 0.6) is 0 Å². The summed E-state index contributed by atoms with van der Waals surface area (Å²) >= 11 is 0. The third kappa shape index (κ3) is 7.43. The van der Waals surface area contributed by atoms with E-state index in [1.54, 1.807) is 20.8 Å². The molecule has 0 aliphatic rings. The SMILES string of the molecule is CCOO[Si](=O)OOC(C)C. The molecule has 11 heavy (non-hydrogen) atoms. The largest absolute Gasteiger partial charge is 0.834 e. The Morgan fingerprint density at radius 1 is 1.36 bits per heavy atom. The van der Waals surface area contributed by atoms with E-state index in [0.29, 0.717) is 6.61 Å². The Morgan fingerprint density at radius 3 is 2.45 bits per heavy atom. The van der Waals surface area contributed by atoms with Gasteiger partial charge in [-0.3, -0.25) is 4.46 Å². The van der Waals surface area contributed by atoms with Gasteiger partial charge in [0, 0.05) is 0 Å². The maximum absolute atomic E-state index is 10.6. The quantitative estimate of drug-likeness (QED) is 0.342. The van der Waals surface area contributed by atoms with Gasteiger partial charge in [0.1, 0.15) is 0 Å². The van der Waals surface area contributed by atoms with E-state index in [1.165, 1.54) is 0 Å². The van der Waals surface area contributed by atoms with Crippen LogP contribution in [-0.4, -0.2) is 21.9 Å². The zero-order chi connectivity index (χ0) is 8.69. The molecule has 0 unspecified atom stereocenters. The molecule has 0 heterocycles. The Hall–Kier alpha value is -0.463. The van der Waals surface area contributed by atoms with Crippen molar-refractivity contribution in [2.45, 2.75) is 26.9 Å². The Bertz CT molecular complexity index is 115. The summed E-state index contributed by atoms with van der Waals surface area (Å²) in [6.45, 7) is 5.52. The van der Waals surface area contributed by atoms with Crippen LogP contribution in [0, 0.1) is 0 Å². The van der Waals surface area contributed by atoms with Crippen molar-refractivity contribution < 1.29 is 23.4 Å². The van der Waals surface area contributed by atoms with Gasteiger partial charge in [0.2, 0.25) is 0 Å². The highest BCUT2D eigenvalue weighted by molar-refractivity contribution is 6.25. The van der Waals surface area contributed by atoms with Crippen molar-refractivity contribution in [1.29, 1.82) is 0 Å². The van der Waals surface area contributed by atoms with E-state index in [9.17, 15) is 4.46 Å². The Morgan fingerprint density at radius 2 is 2.00 bits per heavy atom. The molecule has 0 amide bonds. The average Bonchev–Trinajstić information content (AvgIpc) is 1.97. The van der Waals surface area contributed by atoms with Gasteiger partial charge >= 0.3 is 9.17 Å². The van der Waals surface area contributed by atoms with Crippen molar-refractivity contribution >= 4 is 9.17 Å². The topological polar surface area (TPSA) is 54.0 Å². The van der Waals surface area contributed by atoms with Gasteiger partial charge in [0.15, 0.2) is 0 Å². The van der Waals surface area contributed by atoms with Gasteiger partial charge in [0.25, 0.3) is 0 Å². The predicted molar refractivity (Wildman–Crippen MR) is 36.5 cm³/mol. The van der Waals surface area contributed by atoms with E-state index in [-0.39, 0.29) is 6.10 Å². The summed E-state index contributed by atoms with van der Waals surface area (Å²) in [5.41, 5.74) is 0. The van der Waals surface area contributed by atoms with Crippen LogP contribution in [0.2, 0.25) is 0 Å². The highest BCUT2D eigenvalue weighted by Crippen LogP contribution is 1.90. The maximum atomic E-state index is 10.6. The van der Waals surface area contributed by atoms with Gasteiger partial charge in [-0.05, 0) is 20.8 Å². The van der Waals surface area contributed by atoms with Crippen LogP contribution in [0.3, 0.4) is 0 Å². The monoisotopic (exact) mass is 180 g/mol. The van der Waals surface area contributed by atoms with Crippen molar-refractivity contribution in [3.8, 4) is 0 Å². The lowest BCUT2D eigenvalue weighted by Gasteiger charge is -2.04. The zero-order valence-corrected chi connectivity index (χ0v) is 7.83. The molecule has 0 N–H and O–H groups in total. The summed E-state index contributed by atoms with van der Waals surface area (Å²) in [6, 6.07) is 0. The summed E-state index contributed by atoms with van der Waals surface area (Å²) < 4.78 is 19.1. The number of rotatable bonds is 6. The van der Waals surface area contributed by atoms with Crippen LogP contribution in [-0.2, 0) is 23.4 Å². The van der Waals surface area contributed by atoms with E-state index in [0.717, 1.165) is 0 Å². The van der Waals surface area contributed by atoms with Crippen molar-refractivity contribution in [3.05, 3.63) is 0 Å². The van der Waals surface area contributed by atoms with Crippen LogP contribution in [0.4, 0.5) is 0 Å². The molecule has 0 aromatic carbocycles. The molecule has 0 aliphatic carbocycles. The Labute approximate surface area is 67.0 Å². The second-order valence-corrected chi connectivity index (χ2v) is 2.80. The molecule has 0 saturated carbocycles. The zero-order valence-electron chi connectivity index (χ0n) is 6.83. The fourth-order valence-corrected chi connectivity index (χ4v) is 0.769. The minimum atomic E-state index is -2.64. The minimum Gasteiger partial charge on any atom is -0.327 e. The molecule has 0 aromatic heterocycles. The second-order valence-electron chi connectivity index (χ2n) is 1.97. The van der Waals surface area contributed by atoms with E-state index in [2.05, 4.69) is 18.9 Å². The first-order valence-corrected chi connectivity index (χ1v) is 4.56. The molecule has 5 nitrogen and oxygen atoms in total. The van der Waals surface area contributed by atoms with Gasteiger partial charge in [-0.1, -0.05) is 0 Å². The predicted octanol–water partition coefficient (Wildman–Crippen LogP) is 0.726. The first-order valence-electron chi connectivity index (χ1n) is 3.33. The summed E-state index contributed by atoms with van der Waals surface area (Å²) in [5, 5.41) is 0. The molecule has 0 rings (SSSR count). The minimum absolute atomic E-state index is 0.144. The van der Waals surface area contributed by atoms with Gasteiger partial charge in [-0.15, -0.1) is 0 Å². The first kappa shape index (κ1) is 10.5. The third-order valence-electron chi connectivity index (χ3n) is 0.553. The van der Waals surface area contributed by atoms with Crippen LogP contribution in [0.1, 0.15) is 20.8 Å². The third-order valence-corrected chi connectivity index (χ3v) is 1.04. The van der Waals surface area contributed by atoms with Crippen molar-refractivity contribution in [2.75, 3.05) is 6.61 Å². The van der Waals surface area contributed by atoms with Crippen LogP contribution in [0.15, 0.2) is 0 Å². The average molecular weight is 180 g/mol. The van der Waals surface area contributed by atoms with Gasteiger partial charge in [0.05, 0.1) is 12.7 Å². The summed E-state index contributed by atoms with van der Waals surface area (Å²) in [6.07, 6.45) is -0.144. The fraction of sp³-hybridized carbons (Fsp3) is 1.00.